The lowest BCUT2D eigenvalue weighted by molar-refractivity contribution is -0.142. The predicted molar refractivity (Wildman–Crippen MR) is 70.7 cm³/mol. The predicted octanol–water partition coefficient (Wildman–Crippen LogP) is 1.74. The van der Waals surface area contributed by atoms with Crippen molar-refractivity contribution >= 4 is 11.9 Å². The first kappa shape index (κ1) is 15.2. The van der Waals surface area contributed by atoms with Crippen molar-refractivity contribution in [2.24, 2.45) is 0 Å². The Morgan fingerprint density at radius 2 is 1.89 bits per heavy atom. The second-order valence-electron chi connectivity index (χ2n) is 4.42. The van der Waals surface area contributed by atoms with Crippen molar-refractivity contribution in [3.63, 3.8) is 0 Å². The van der Waals surface area contributed by atoms with E-state index in [1.807, 2.05) is 13.8 Å². The smallest absolute Gasteiger partial charge is 0.330 e. The van der Waals surface area contributed by atoms with Gasteiger partial charge in [0.15, 0.2) is 6.04 Å². The highest BCUT2D eigenvalue weighted by molar-refractivity contribution is 5.84. The Kier molecular flexibility index (Phi) is 6.02. The number of nitrogens with one attached hydrogen (secondary N) is 1. The van der Waals surface area contributed by atoms with E-state index in [0.717, 1.165) is 0 Å². The molecule has 0 saturated carbocycles. The van der Waals surface area contributed by atoms with Gasteiger partial charge in [-0.1, -0.05) is 30.3 Å². The van der Waals surface area contributed by atoms with E-state index in [-0.39, 0.29) is 25.0 Å². The van der Waals surface area contributed by atoms with Crippen LogP contribution in [-0.2, 0) is 14.3 Å². The van der Waals surface area contributed by atoms with Gasteiger partial charge >= 0.3 is 5.97 Å². The van der Waals surface area contributed by atoms with Crippen LogP contribution in [0.15, 0.2) is 30.3 Å². The molecule has 0 aromatic heterocycles. The molecule has 19 heavy (non-hydrogen) atoms. The van der Waals surface area contributed by atoms with Crippen molar-refractivity contribution in [3.8, 4) is 0 Å². The molecule has 5 heteroatoms. The van der Waals surface area contributed by atoms with Crippen LogP contribution >= 0.6 is 0 Å². The van der Waals surface area contributed by atoms with Crippen LogP contribution in [0.2, 0.25) is 0 Å². The molecular weight excluding hydrogens is 246 g/mol. The summed E-state index contributed by atoms with van der Waals surface area (Å²) in [7, 11) is 0. The maximum atomic E-state index is 11.7. The zero-order valence-electron chi connectivity index (χ0n) is 11.1. The monoisotopic (exact) mass is 265 g/mol. The number of ether oxygens (including phenoxy) is 1. The lowest BCUT2D eigenvalue weighted by Gasteiger charge is -2.15. The minimum absolute atomic E-state index is 0.0530. The minimum atomic E-state index is -1.08. The Bertz CT molecular complexity index is 417. The highest BCUT2D eigenvalue weighted by Gasteiger charge is 2.21. The molecule has 1 rings (SSSR count). The Labute approximate surface area is 112 Å². The van der Waals surface area contributed by atoms with Crippen molar-refractivity contribution < 1.29 is 19.4 Å². The van der Waals surface area contributed by atoms with E-state index in [2.05, 4.69) is 5.32 Å². The molecule has 0 aliphatic carbocycles. The maximum absolute atomic E-state index is 11.7. The Morgan fingerprint density at radius 1 is 1.26 bits per heavy atom. The third-order valence-electron chi connectivity index (χ3n) is 2.47. The highest BCUT2D eigenvalue weighted by Crippen LogP contribution is 2.12. The first-order chi connectivity index (χ1) is 9.00. The molecular formula is C14H19NO4. The standard InChI is InChI=1S/C14H19NO4/c1-10(2)19-9-8-12(16)15-13(14(17)18)11-6-4-3-5-7-11/h3-7,10,13H,8-9H2,1-2H3,(H,15,16)(H,17,18)/t13-/m1/s1. The van der Waals surface area contributed by atoms with Crippen LogP contribution in [-0.4, -0.2) is 29.7 Å². The van der Waals surface area contributed by atoms with Gasteiger partial charge in [0.1, 0.15) is 0 Å². The number of carbonyl (C=O) groups is 2. The van der Waals surface area contributed by atoms with Crippen LogP contribution in [0.1, 0.15) is 31.9 Å². The molecule has 1 aromatic carbocycles. The molecule has 0 saturated heterocycles. The summed E-state index contributed by atoms with van der Waals surface area (Å²) in [4.78, 5) is 22.8. The van der Waals surface area contributed by atoms with Crippen LogP contribution in [0, 0.1) is 0 Å². The summed E-state index contributed by atoms with van der Waals surface area (Å²) in [5.41, 5.74) is 0.549. The number of amides is 1. The van der Waals surface area contributed by atoms with E-state index in [0.29, 0.717) is 5.56 Å². The molecule has 104 valence electrons. The van der Waals surface area contributed by atoms with E-state index in [9.17, 15) is 9.59 Å². The number of aliphatic carboxylic acids is 1. The van der Waals surface area contributed by atoms with E-state index in [4.69, 9.17) is 9.84 Å². The van der Waals surface area contributed by atoms with E-state index in [1.165, 1.54) is 0 Å². The lowest BCUT2D eigenvalue weighted by Crippen LogP contribution is -2.34. The van der Waals surface area contributed by atoms with Gasteiger partial charge in [0.05, 0.1) is 19.1 Å². The van der Waals surface area contributed by atoms with Gasteiger partial charge in [-0.3, -0.25) is 4.79 Å². The molecule has 1 atom stereocenters. The first-order valence-electron chi connectivity index (χ1n) is 6.19. The quantitative estimate of drug-likeness (QED) is 0.787. The van der Waals surface area contributed by atoms with Crippen LogP contribution in [0.5, 0.6) is 0 Å². The molecule has 0 aliphatic rings. The summed E-state index contributed by atoms with van der Waals surface area (Å²) in [5.74, 6) is -1.42. The van der Waals surface area contributed by atoms with Gasteiger partial charge in [-0.15, -0.1) is 0 Å². The van der Waals surface area contributed by atoms with Gasteiger partial charge in [0.2, 0.25) is 5.91 Å². The lowest BCUT2D eigenvalue weighted by atomic mass is 10.1. The van der Waals surface area contributed by atoms with Crippen molar-refractivity contribution in [1.82, 2.24) is 5.32 Å². The second kappa shape index (κ2) is 7.53. The molecule has 2 N–H and O–H groups in total. The SMILES string of the molecule is CC(C)OCCC(=O)N[C@@H](C(=O)O)c1ccccc1. The summed E-state index contributed by atoms with van der Waals surface area (Å²) in [6.45, 7) is 4.04. The zero-order chi connectivity index (χ0) is 14.3. The van der Waals surface area contributed by atoms with Crippen molar-refractivity contribution in [2.45, 2.75) is 32.4 Å². The number of carbonyl (C=O) groups excluding carboxylic acids is 1. The van der Waals surface area contributed by atoms with E-state index in [1.54, 1.807) is 30.3 Å². The molecule has 0 radical (unpaired) electrons. The van der Waals surface area contributed by atoms with Gasteiger partial charge in [-0.05, 0) is 19.4 Å². The summed E-state index contributed by atoms with van der Waals surface area (Å²) in [6.07, 6.45) is 0.201. The fourth-order valence-corrected chi connectivity index (χ4v) is 1.55. The average molecular weight is 265 g/mol. The topological polar surface area (TPSA) is 75.6 Å². The van der Waals surface area contributed by atoms with E-state index < -0.39 is 12.0 Å². The van der Waals surface area contributed by atoms with Gasteiger partial charge < -0.3 is 15.2 Å². The molecule has 0 aliphatic heterocycles. The largest absolute Gasteiger partial charge is 0.479 e. The van der Waals surface area contributed by atoms with Crippen molar-refractivity contribution in [2.75, 3.05) is 6.61 Å². The van der Waals surface area contributed by atoms with Crippen LogP contribution in [0.3, 0.4) is 0 Å². The Balaban J connectivity index is 2.55. The molecule has 0 fully saturated rings. The third kappa shape index (κ3) is 5.52. The minimum Gasteiger partial charge on any atom is -0.479 e. The zero-order valence-corrected chi connectivity index (χ0v) is 11.1. The fraction of sp³-hybridized carbons (Fsp3) is 0.429. The molecule has 0 spiro atoms. The van der Waals surface area contributed by atoms with Gasteiger partial charge in [0, 0.05) is 0 Å². The van der Waals surface area contributed by atoms with Crippen molar-refractivity contribution in [3.05, 3.63) is 35.9 Å². The number of benzene rings is 1. The number of rotatable bonds is 7. The number of hydrogen-bond acceptors (Lipinski definition) is 3. The van der Waals surface area contributed by atoms with Crippen molar-refractivity contribution in [1.29, 1.82) is 0 Å². The number of carboxylic acid groups (broad SMARTS) is 1. The molecule has 0 bridgehead atoms. The summed E-state index contributed by atoms with van der Waals surface area (Å²) < 4.78 is 5.25. The normalized spacial score (nSPS) is 12.2. The van der Waals surface area contributed by atoms with Gasteiger partial charge in [-0.2, -0.15) is 0 Å². The average Bonchev–Trinajstić information content (AvgIpc) is 2.36. The molecule has 0 unspecified atom stereocenters. The fourth-order valence-electron chi connectivity index (χ4n) is 1.55. The molecule has 1 amide bonds. The first-order valence-corrected chi connectivity index (χ1v) is 6.19. The second-order valence-corrected chi connectivity index (χ2v) is 4.42. The molecule has 5 nitrogen and oxygen atoms in total. The van der Waals surface area contributed by atoms with Gasteiger partial charge in [0.25, 0.3) is 0 Å². The summed E-state index contributed by atoms with van der Waals surface area (Å²) in [6, 6.07) is 7.58. The van der Waals surface area contributed by atoms with Crippen LogP contribution in [0.25, 0.3) is 0 Å². The molecule has 0 heterocycles. The van der Waals surface area contributed by atoms with Crippen LogP contribution < -0.4 is 5.32 Å². The summed E-state index contributed by atoms with van der Waals surface area (Å²) in [5, 5.41) is 11.6. The molecule has 1 aromatic rings. The Morgan fingerprint density at radius 3 is 2.42 bits per heavy atom. The Hall–Kier alpha value is -1.88. The highest BCUT2D eigenvalue weighted by atomic mass is 16.5. The maximum Gasteiger partial charge on any atom is 0.330 e. The number of carboxylic acids is 1. The third-order valence-corrected chi connectivity index (χ3v) is 2.47. The summed E-state index contributed by atoms with van der Waals surface area (Å²) >= 11 is 0. The van der Waals surface area contributed by atoms with E-state index >= 15 is 0 Å². The number of hydrogen-bond donors (Lipinski definition) is 2. The van der Waals surface area contributed by atoms with Crippen LogP contribution in [0.4, 0.5) is 0 Å². The van der Waals surface area contributed by atoms with Gasteiger partial charge in [-0.25, -0.2) is 4.79 Å².